The molecule has 4 nitrogen and oxygen atoms in total. The standard InChI is InChI=1S/C15H25N3OS/c1-6-7-10(2)16-14(19)9-8-13-11(3)17-15(20-5)18-12(13)4/h10H,6-9H2,1-5H3,(H,16,19)/t10-/m1/s1. The Hall–Kier alpha value is -1.10. The second-order valence-electron chi connectivity index (χ2n) is 5.12. The van der Waals surface area contributed by atoms with Crippen molar-refractivity contribution in [2.24, 2.45) is 0 Å². The third kappa shape index (κ3) is 5.12. The Morgan fingerprint density at radius 2 is 1.90 bits per heavy atom. The van der Waals surface area contributed by atoms with Gasteiger partial charge in [-0.2, -0.15) is 0 Å². The van der Waals surface area contributed by atoms with Crippen molar-refractivity contribution in [1.29, 1.82) is 0 Å². The minimum atomic E-state index is 0.110. The summed E-state index contributed by atoms with van der Waals surface area (Å²) < 4.78 is 0. The van der Waals surface area contributed by atoms with Gasteiger partial charge in [0.1, 0.15) is 0 Å². The van der Waals surface area contributed by atoms with Gasteiger partial charge in [0, 0.05) is 23.9 Å². The van der Waals surface area contributed by atoms with Gasteiger partial charge in [0.15, 0.2) is 5.16 Å². The fraction of sp³-hybridized carbons (Fsp3) is 0.667. The number of aryl methyl sites for hydroxylation is 2. The molecular formula is C15H25N3OS. The number of rotatable bonds is 7. The Kier molecular flexibility index (Phi) is 6.99. The van der Waals surface area contributed by atoms with Crippen molar-refractivity contribution in [3.05, 3.63) is 17.0 Å². The predicted octanol–water partition coefficient (Wildman–Crippen LogP) is 3.05. The van der Waals surface area contributed by atoms with Crippen LogP contribution < -0.4 is 5.32 Å². The van der Waals surface area contributed by atoms with Crippen LogP contribution in [-0.4, -0.2) is 28.2 Å². The van der Waals surface area contributed by atoms with Crippen molar-refractivity contribution in [1.82, 2.24) is 15.3 Å². The monoisotopic (exact) mass is 295 g/mol. The first-order valence-corrected chi connectivity index (χ1v) is 8.37. The van der Waals surface area contributed by atoms with E-state index < -0.39 is 0 Å². The molecule has 0 spiro atoms. The lowest BCUT2D eigenvalue weighted by Gasteiger charge is -2.14. The molecule has 0 bridgehead atoms. The Bertz CT molecular complexity index is 439. The average Bonchev–Trinajstić information content (AvgIpc) is 2.37. The summed E-state index contributed by atoms with van der Waals surface area (Å²) in [4.78, 5) is 20.8. The summed E-state index contributed by atoms with van der Waals surface area (Å²) in [7, 11) is 0. The molecule has 0 aliphatic rings. The first-order valence-electron chi connectivity index (χ1n) is 7.15. The highest BCUT2D eigenvalue weighted by molar-refractivity contribution is 7.98. The van der Waals surface area contributed by atoms with E-state index in [1.165, 1.54) is 0 Å². The lowest BCUT2D eigenvalue weighted by atomic mass is 10.1. The summed E-state index contributed by atoms with van der Waals surface area (Å²) >= 11 is 1.54. The first kappa shape index (κ1) is 17.0. The Labute approximate surface area is 126 Å². The van der Waals surface area contributed by atoms with E-state index in [0.29, 0.717) is 12.8 Å². The molecule has 1 aromatic heterocycles. The molecule has 112 valence electrons. The van der Waals surface area contributed by atoms with Crippen LogP contribution in [0.1, 0.15) is 50.1 Å². The third-order valence-electron chi connectivity index (χ3n) is 3.31. The fourth-order valence-corrected chi connectivity index (χ4v) is 2.71. The largest absolute Gasteiger partial charge is 0.354 e. The van der Waals surface area contributed by atoms with Gasteiger partial charge in [0.25, 0.3) is 0 Å². The van der Waals surface area contributed by atoms with Crippen LogP contribution in [0.2, 0.25) is 0 Å². The lowest BCUT2D eigenvalue weighted by molar-refractivity contribution is -0.121. The fourth-order valence-electron chi connectivity index (χ4n) is 2.25. The minimum absolute atomic E-state index is 0.110. The molecule has 0 saturated carbocycles. The summed E-state index contributed by atoms with van der Waals surface area (Å²) in [6.07, 6.45) is 5.28. The predicted molar refractivity (Wildman–Crippen MR) is 84.1 cm³/mol. The maximum absolute atomic E-state index is 11.9. The van der Waals surface area contributed by atoms with E-state index in [1.807, 2.05) is 27.0 Å². The molecule has 0 aliphatic carbocycles. The molecule has 1 aromatic rings. The van der Waals surface area contributed by atoms with Gasteiger partial charge < -0.3 is 5.32 Å². The van der Waals surface area contributed by atoms with Gasteiger partial charge >= 0.3 is 0 Å². The van der Waals surface area contributed by atoms with E-state index in [4.69, 9.17) is 0 Å². The molecule has 0 radical (unpaired) electrons. The summed E-state index contributed by atoms with van der Waals surface area (Å²) in [5.74, 6) is 0.110. The van der Waals surface area contributed by atoms with Crippen LogP contribution in [0.15, 0.2) is 5.16 Å². The SMILES string of the molecule is CCC[C@@H](C)NC(=O)CCc1c(C)nc(SC)nc1C. The zero-order valence-electron chi connectivity index (χ0n) is 13.1. The molecule has 1 N–H and O–H groups in total. The van der Waals surface area contributed by atoms with E-state index in [2.05, 4.69) is 22.2 Å². The van der Waals surface area contributed by atoms with Gasteiger partial charge in [-0.15, -0.1) is 0 Å². The summed E-state index contributed by atoms with van der Waals surface area (Å²) in [6.45, 7) is 8.15. The molecule has 20 heavy (non-hydrogen) atoms. The van der Waals surface area contributed by atoms with Gasteiger partial charge in [-0.3, -0.25) is 4.79 Å². The zero-order valence-corrected chi connectivity index (χ0v) is 13.9. The second kappa shape index (κ2) is 8.25. The number of nitrogens with one attached hydrogen (secondary N) is 1. The van der Waals surface area contributed by atoms with Crippen molar-refractivity contribution >= 4 is 17.7 Å². The second-order valence-corrected chi connectivity index (χ2v) is 5.89. The maximum atomic E-state index is 11.9. The highest BCUT2D eigenvalue weighted by Crippen LogP contribution is 2.17. The molecule has 0 aliphatic heterocycles. The number of aromatic nitrogens is 2. The lowest BCUT2D eigenvalue weighted by Crippen LogP contribution is -2.32. The Balaban J connectivity index is 2.59. The molecule has 1 heterocycles. The highest BCUT2D eigenvalue weighted by atomic mass is 32.2. The molecule has 0 saturated heterocycles. The first-order chi connectivity index (χ1) is 9.47. The highest BCUT2D eigenvalue weighted by Gasteiger charge is 2.11. The third-order valence-corrected chi connectivity index (χ3v) is 3.86. The molecule has 1 amide bonds. The number of amides is 1. The number of carbonyl (C=O) groups is 1. The Morgan fingerprint density at radius 3 is 2.40 bits per heavy atom. The van der Waals surface area contributed by atoms with Gasteiger partial charge in [-0.05, 0) is 45.4 Å². The van der Waals surface area contributed by atoms with Crippen LogP contribution in [0, 0.1) is 13.8 Å². The van der Waals surface area contributed by atoms with Crippen LogP contribution in [0.3, 0.4) is 0 Å². The number of carbonyl (C=O) groups excluding carboxylic acids is 1. The van der Waals surface area contributed by atoms with Crippen molar-refractivity contribution in [2.45, 2.75) is 64.6 Å². The quantitative estimate of drug-likeness (QED) is 0.620. The van der Waals surface area contributed by atoms with E-state index in [9.17, 15) is 4.79 Å². The van der Waals surface area contributed by atoms with E-state index >= 15 is 0 Å². The Morgan fingerprint density at radius 1 is 1.30 bits per heavy atom. The number of thioether (sulfide) groups is 1. The summed E-state index contributed by atoms with van der Waals surface area (Å²) in [5, 5.41) is 3.82. The molecular weight excluding hydrogens is 270 g/mol. The van der Waals surface area contributed by atoms with E-state index in [0.717, 1.165) is 34.9 Å². The molecule has 0 aromatic carbocycles. The minimum Gasteiger partial charge on any atom is -0.354 e. The summed E-state index contributed by atoms with van der Waals surface area (Å²) in [6, 6.07) is 0.254. The van der Waals surface area contributed by atoms with Crippen LogP contribution >= 0.6 is 11.8 Å². The molecule has 1 rings (SSSR count). The maximum Gasteiger partial charge on any atom is 0.220 e. The molecule has 0 fully saturated rings. The van der Waals surface area contributed by atoms with Crippen molar-refractivity contribution in [3.8, 4) is 0 Å². The van der Waals surface area contributed by atoms with Crippen molar-refractivity contribution in [2.75, 3.05) is 6.26 Å². The number of nitrogens with zero attached hydrogens (tertiary/aromatic N) is 2. The van der Waals surface area contributed by atoms with E-state index in [-0.39, 0.29) is 11.9 Å². The van der Waals surface area contributed by atoms with Crippen LogP contribution in [0.4, 0.5) is 0 Å². The van der Waals surface area contributed by atoms with Gasteiger partial charge in [0.2, 0.25) is 5.91 Å². The topological polar surface area (TPSA) is 54.9 Å². The van der Waals surface area contributed by atoms with Crippen LogP contribution in [0.5, 0.6) is 0 Å². The normalized spacial score (nSPS) is 12.2. The van der Waals surface area contributed by atoms with Gasteiger partial charge in [0.05, 0.1) is 0 Å². The average molecular weight is 295 g/mol. The number of hydrogen-bond donors (Lipinski definition) is 1. The van der Waals surface area contributed by atoms with Crippen molar-refractivity contribution < 1.29 is 4.79 Å². The van der Waals surface area contributed by atoms with Crippen LogP contribution in [0.25, 0.3) is 0 Å². The van der Waals surface area contributed by atoms with Crippen LogP contribution in [-0.2, 0) is 11.2 Å². The molecule has 1 atom stereocenters. The van der Waals surface area contributed by atoms with E-state index in [1.54, 1.807) is 11.8 Å². The zero-order chi connectivity index (χ0) is 15.1. The molecule has 0 unspecified atom stereocenters. The van der Waals surface area contributed by atoms with Gasteiger partial charge in [-0.1, -0.05) is 25.1 Å². The summed E-state index contributed by atoms with van der Waals surface area (Å²) in [5.41, 5.74) is 3.06. The van der Waals surface area contributed by atoms with Gasteiger partial charge in [-0.25, -0.2) is 9.97 Å². The number of hydrogen-bond acceptors (Lipinski definition) is 4. The van der Waals surface area contributed by atoms with Crippen molar-refractivity contribution in [3.63, 3.8) is 0 Å². The molecule has 5 heteroatoms. The smallest absolute Gasteiger partial charge is 0.220 e.